The predicted molar refractivity (Wildman–Crippen MR) is 62.4 cm³/mol. The lowest BCUT2D eigenvalue weighted by atomic mass is 9.78. The molecule has 0 heterocycles. The normalized spacial score (nSPS) is 18.6. The van der Waals surface area contributed by atoms with Gasteiger partial charge in [0.25, 0.3) is 0 Å². The van der Waals surface area contributed by atoms with Crippen molar-refractivity contribution in [3.8, 4) is 0 Å². The summed E-state index contributed by atoms with van der Waals surface area (Å²) >= 11 is 0. The third-order valence-corrected chi connectivity index (χ3v) is 3.75. The van der Waals surface area contributed by atoms with Crippen LogP contribution in [0.2, 0.25) is 0 Å². The molecule has 7 nitrogen and oxygen atoms in total. The lowest BCUT2D eigenvalue weighted by Gasteiger charge is -2.40. The fourth-order valence-corrected chi connectivity index (χ4v) is 2.79. The molecule has 4 N–H and O–H groups in total. The second kappa shape index (κ2) is 5.19. The van der Waals surface area contributed by atoms with E-state index in [2.05, 4.69) is 9.46 Å². The molecule has 1 rings (SSSR count). The summed E-state index contributed by atoms with van der Waals surface area (Å²) in [4.78, 5) is 11.2. The molecule has 1 aliphatic carbocycles. The molecular weight excluding hydrogens is 246 g/mol. The minimum Gasteiger partial charge on any atom is -0.446 e. The van der Waals surface area contributed by atoms with Crippen LogP contribution in [0, 0.1) is 0 Å². The van der Waals surface area contributed by atoms with Crippen molar-refractivity contribution in [2.75, 3.05) is 6.54 Å². The molecule has 0 aromatic carbocycles. The SMILES string of the molecule is CC(C)OC(=O)NS(=O)(=O)NC1(CN)CCC1. The second-order valence-corrected chi connectivity index (χ2v) is 5.91. The second-order valence-electron chi connectivity index (χ2n) is 4.50. The summed E-state index contributed by atoms with van der Waals surface area (Å²) in [7, 11) is -3.91. The van der Waals surface area contributed by atoms with E-state index in [1.54, 1.807) is 18.6 Å². The molecule has 0 aromatic heterocycles. The molecule has 8 heteroatoms. The molecule has 1 amide bonds. The Morgan fingerprint density at radius 2 is 2.06 bits per heavy atom. The summed E-state index contributed by atoms with van der Waals surface area (Å²) in [5.74, 6) is 0. The fourth-order valence-electron chi connectivity index (χ4n) is 1.61. The van der Waals surface area contributed by atoms with E-state index in [0.29, 0.717) is 12.8 Å². The quantitative estimate of drug-likeness (QED) is 0.639. The van der Waals surface area contributed by atoms with E-state index in [1.807, 2.05) is 0 Å². The number of hydrogen-bond acceptors (Lipinski definition) is 5. The number of ether oxygens (including phenoxy) is 1. The Kier molecular flexibility index (Phi) is 4.34. The van der Waals surface area contributed by atoms with Crippen molar-refractivity contribution in [3.05, 3.63) is 0 Å². The summed E-state index contributed by atoms with van der Waals surface area (Å²) in [5.41, 5.74) is 4.91. The van der Waals surface area contributed by atoms with Crippen LogP contribution in [-0.2, 0) is 14.9 Å². The smallest absolute Gasteiger partial charge is 0.422 e. The van der Waals surface area contributed by atoms with Gasteiger partial charge in [0, 0.05) is 12.1 Å². The minimum atomic E-state index is -3.91. The van der Waals surface area contributed by atoms with Gasteiger partial charge in [-0.1, -0.05) is 0 Å². The first-order valence-corrected chi connectivity index (χ1v) is 6.99. The molecule has 1 aliphatic rings. The number of hydrogen-bond donors (Lipinski definition) is 3. The molecule has 1 saturated carbocycles. The van der Waals surface area contributed by atoms with Crippen molar-refractivity contribution in [2.45, 2.75) is 44.8 Å². The van der Waals surface area contributed by atoms with Crippen LogP contribution in [0.3, 0.4) is 0 Å². The highest BCUT2D eigenvalue weighted by atomic mass is 32.2. The zero-order valence-electron chi connectivity index (χ0n) is 10.0. The summed E-state index contributed by atoms with van der Waals surface area (Å²) in [6.07, 6.45) is 0.931. The average molecular weight is 265 g/mol. The molecule has 100 valence electrons. The highest BCUT2D eigenvalue weighted by molar-refractivity contribution is 7.88. The van der Waals surface area contributed by atoms with Crippen LogP contribution in [0.4, 0.5) is 4.79 Å². The van der Waals surface area contributed by atoms with Gasteiger partial charge in [-0.2, -0.15) is 13.1 Å². The number of nitrogens with two attached hydrogens (primary N) is 1. The minimum absolute atomic E-state index is 0.215. The van der Waals surface area contributed by atoms with E-state index in [0.717, 1.165) is 6.42 Å². The molecular formula is C9H19N3O4S. The van der Waals surface area contributed by atoms with Gasteiger partial charge < -0.3 is 10.5 Å². The first-order valence-electron chi connectivity index (χ1n) is 5.51. The van der Waals surface area contributed by atoms with Gasteiger partial charge in [0.2, 0.25) is 0 Å². The van der Waals surface area contributed by atoms with Crippen molar-refractivity contribution in [2.24, 2.45) is 5.73 Å². The molecule has 17 heavy (non-hydrogen) atoms. The monoisotopic (exact) mass is 265 g/mol. The van der Waals surface area contributed by atoms with Gasteiger partial charge in [-0.3, -0.25) is 0 Å². The van der Waals surface area contributed by atoms with Crippen molar-refractivity contribution < 1.29 is 17.9 Å². The van der Waals surface area contributed by atoms with Crippen LogP contribution in [0.1, 0.15) is 33.1 Å². The molecule has 0 unspecified atom stereocenters. The molecule has 0 aromatic rings. The predicted octanol–water partition coefficient (Wildman–Crippen LogP) is -0.163. The van der Waals surface area contributed by atoms with Gasteiger partial charge in [0.05, 0.1) is 6.10 Å². The zero-order valence-corrected chi connectivity index (χ0v) is 10.8. The molecule has 0 spiro atoms. The van der Waals surface area contributed by atoms with E-state index < -0.39 is 21.8 Å². The molecule has 1 fully saturated rings. The highest BCUT2D eigenvalue weighted by Crippen LogP contribution is 2.31. The van der Waals surface area contributed by atoms with E-state index in [-0.39, 0.29) is 12.6 Å². The summed E-state index contributed by atoms with van der Waals surface area (Å²) in [6.45, 7) is 3.48. The lowest BCUT2D eigenvalue weighted by molar-refractivity contribution is 0.121. The first-order chi connectivity index (χ1) is 7.79. The van der Waals surface area contributed by atoms with Crippen molar-refractivity contribution in [3.63, 3.8) is 0 Å². The Balaban J connectivity index is 2.54. The highest BCUT2D eigenvalue weighted by Gasteiger charge is 2.39. The van der Waals surface area contributed by atoms with E-state index >= 15 is 0 Å². The van der Waals surface area contributed by atoms with Gasteiger partial charge in [0.15, 0.2) is 0 Å². The number of nitrogens with one attached hydrogen (secondary N) is 2. The number of rotatable bonds is 5. The van der Waals surface area contributed by atoms with E-state index in [1.165, 1.54) is 0 Å². The molecule has 0 radical (unpaired) electrons. The Morgan fingerprint density at radius 1 is 1.47 bits per heavy atom. The Hall–Kier alpha value is -0.860. The first kappa shape index (κ1) is 14.2. The number of carbonyl (C=O) groups excluding carboxylic acids is 1. The van der Waals surface area contributed by atoms with Crippen LogP contribution in [-0.4, -0.2) is 32.7 Å². The number of carbonyl (C=O) groups is 1. The standard InChI is InChI=1S/C9H19N3O4S/c1-7(2)16-8(13)11-17(14,15)12-9(6-10)4-3-5-9/h7,12H,3-6,10H2,1-2H3,(H,11,13). The fraction of sp³-hybridized carbons (Fsp3) is 0.889. The summed E-state index contributed by atoms with van der Waals surface area (Å²) in [6, 6.07) is 0. The lowest BCUT2D eigenvalue weighted by Crippen LogP contribution is -2.61. The van der Waals surface area contributed by atoms with Gasteiger partial charge in [0.1, 0.15) is 0 Å². The van der Waals surface area contributed by atoms with E-state index in [9.17, 15) is 13.2 Å². The van der Waals surface area contributed by atoms with Crippen molar-refractivity contribution in [1.29, 1.82) is 0 Å². The van der Waals surface area contributed by atoms with Crippen LogP contribution < -0.4 is 15.2 Å². The van der Waals surface area contributed by atoms with Crippen LogP contribution in [0.15, 0.2) is 0 Å². The Labute approximate surface area is 101 Å². The van der Waals surface area contributed by atoms with Gasteiger partial charge in [-0.15, -0.1) is 0 Å². The van der Waals surface area contributed by atoms with Gasteiger partial charge in [-0.25, -0.2) is 9.52 Å². The maximum Gasteiger partial charge on any atom is 0.422 e. The molecule has 0 atom stereocenters. The van der Waals surface area contributed by atoms with Gasteiger partial charge in [-0.05, 0) is 33.1 Å². The van der Waals surface area contributed by atoms with E-state index in [4.69, 9.17) is 5.73 Å². The molecule has 0 bridgehead atoms. The third-order valence-electron chi connectivity index (χ3n) is 2.61. The topological polar surface area (TPSA) is 111 Å². The van der Waals surface area contributed by atoms with Gasteiger partial charge >= 0.3 is 16.3 Å². The number of amides is 1. The van der Waals surface area contributed by atoms with Crippen LogP contribution in [0.25, 0.3) is 0 Å². The Morgan fingerprint density at radius 3 is 2.41 bits per heavy atom. The maximum atomic E-state index is 11.6. The van der Waals surface area contributed by atoms with Crippen LogP contribution in [0.5, 0.6) is 0 Å². The third kappa shape index (κ3) is 4.14. The maximum absolute atomic E-state index is 11.6. The van der Waals surface area contributed by atoms with Crippen LogP contribution >= 0.6 is 0 Å². The largest absolute Gasteiger partial charge is 0.446 e. The molecule has 0 aliphatic heterocycles. The zero-order chi connectivity index (χ0) is 13.1. The Bertz CT molecular complexity index is 370. The average Bonchev–Trinajstić information content (AvgIpc) is 2.08. The van der Waals surface area contributed by atoms with Crippen molar-refractivity contribution >= 4 is 16.3 Å². The summed E-state index contributed by atoms with van der Waals surface area (Å²) < 4.78 is 32.1. The summed E-state index contributed by atoms with van der Waals surface area (Å²) in [5, 5.41) is 0. The van der Waals surface area contributed by atoms with Crippen molar-refractivity contribution in [1.82, 2.24) is 9.44 Å². The molecule has 0 saturated heterocycles.